The Morgan fingerprint density at radius 3 is 2.52 bits per heavy atom. The van der Waals surface area contributed by atoms with Crippen molar-refractivity contribution in [3.63, 3.8) is 0 Å². The third-order valence-corrected chi connectivity index (χ3v) is 5.97. The van der Waals surface area contributed by atoms with Gasteiger partial charge in [-0.1, -0.05) is 24.3 Å². The van der Waals surface area contributed by atoms with E-state index in [0.717, 1.165) is 37.2 Å². The number of carbonyl (C=O) groups excluding carboxylic acids is 2. The van der Waals surface area contributed by atoms with Gasteiger partial charge >= 0.3 is 0 Å². The number of hydrogen-bond donors (Lipinski definition) is 1. The van der Waals surface area contributed by atoms with E-state index in [-0.39, 0.29) is 11.9 Å². The molecule has 0 spiro atoms. The average molecular weight is 363 g/mol. The Morgan fingerprint density at radius 2 is 1.81 bits per heavy atom. The van der Waals surface area contributed by atoms with E-state index in [9.17, 15) is 9.59 Å². The Morgan fingerprint density at radius 1 is 1.11 bits per heavy atom. The fourth-order valence-electron chi connectivity index (χ4n) is 4.41. The lowest BCUT2D eigenvalue weighted by molar-refractivity contribution is 0.0965. The number of piperidine rings is 1. The molecule has 2 amide bonds. The van der Waals surface area contributed by atoms with Gasteiger partial charge in [0.25, 0.3) is 5.91 Å². The molecule has 1 atom stereocenters. The van der Waals surface area contributed by atoms with Gasteiger partial charge in [-0.3, -0.25) is 9.59 Å². The summed E-state index contributed by atoms with van der Waals surface area (Å²) in [6.07, 6.45) is 2.27. The van der Waals surface area contributed by atoms with Gasteiger partial charge < -0.3 is 15.5 Å². The molecule has 0 bridgehead atoms. The van der Waals surface area contributed by atoms with E-state index in [4.69, 9.17) is 5.73 Å². The minimum Gasteiger partial charge on any atom is -0.366 e. The number of nitrogens with two attached hydrogens (primary N) is 1. The molecule has 0 radical (unpaired) electrons. The summed E-state index contributed by atoms with van der Waals surface area (Å²) in [7, 11) is 2.16. The number of anilines is 1. The molecule has 5 nitrogen and oxygen atoms in total. The number of likely N-dealkylation sites (tertiary alicyclic amines) is 1. The summed E-state index contributed by atoms with van der Waals surface area (Å²) in [6, 6.07) is 13.5. The van der Waals surface area contributed by atoms with Crippen molar-refractivity contribution in [1.82, 2.24) is 4.90 Å². The van der Waals surface area contributed by atoms with E-state index in [1.54, 1.807) is 17.0 Å². The second kappa shape index (κ2) is 6.82. The molecule has 0 aliphatic carbocycles. The SMILES string of the molecule is CC1c2cccc(C(N)=O)c2C(=O)N1c1cccc(C2CCN(C)CC2)c1. The van der Waals surface area contributed by atoms with Gasteiger partial charge in [0.05, 0.1) is 17.2 Å². The van der Waals surface area contributed by atoms with Gasteiger partial charge in [0.1, 0.15) is 0 Å². The quantitative estimate of drug-likeness (QED) is 0.910. The molecule has 0 aromatic heterocycles. The highest BCUT2D eigenvalue weighted by Gasteiger charge is 2.37. The first-order valence-corrected chi connectivity index (χ1v) is 9.52. The van der Waals surface area contributed by atoms with Crippen molar-refractivity contribution in [2.45, 2.75) is 31.7 Å². The lowest BCUT2D eigenvalue weighted by atomic mass is 9.89. The second-order valence-corrected chi connectivity index (χ2v) is 7.66. The monoisotopic (exact) mass is 363 g/mol. The molecule has 140 valence electrons. The summed E-state index contributed by atoms with van der Waals surface area (Å²) in [4.78, 5) is 29.1. The molecular weight excluding hydrogens is 338 g/mol. The van der Waals surface area contributed by atoms with Crippen LogP contribution in [0.3, 0.4) is 0 Å². The number of rotatable bonds is 3. The van der Waals surface area contributed by atoms with Crippen LogP contribution in [0.2, 0.25) is 0 Å². The molecule has 2 heterocycles. The van der Waals surface area contributed by atoms with Crippen LogP contribution >= 0.6 is 0 Å². The number of amides is 2. The van der Waals surface area contributed by atoms with Crippen LogP contribution in [0.5, 0.6) is 0 Å². The zero-order valence-electron chi connectivity index (χ0n) is 15.8. The Balaban J connectivity index is 1.68. The predicted octanol–water partition coefficient (Wildman–Crippen LogP) is 3.32. The number of benzene rings is 2. The average Bonchev–Trinajstić information content (AvgIpc) is 2.93. The minimum absolute atomic E-state index is 0.125. The third kappa shape index (κ3) is 3.02. The maximum atomic E-state index is 13.2. The summed E-state index contributed by atoms with van der Waals surface area (Å²) >= 11 is 0. The Kier molecular flexibility index (Phi) is 4.48. The number of nitrogens with zero attached hydrogens (tertiary/aromatic N) is 2. The largest absolute Gasteiger partial charge is 0.366 e. The van der Waals surface area contributed by atoms with Crippen LogP contribution in [0.25, 0.3) is 0 Å². The maximum absolute atomic E-state index is 13.2. The first-order valence-electron chi connectivity index (χ1n) is 9.52. The normalized spacial score (nSPS) is 20.7. The van der Waals surface area contributed by atoms with E-state index in [1.807, 2.05) is 25.1 Å². The van der Waals surface area contributed by atoms with Gasteiger partial charge in [0, 0.05) is 5.69 Å². The lowest BCUT2D eigenvalue weighted by Crippen LogP contribution is -2.30. The third-order valence-electron chi connectivity index (χ3n) is 5.97. The molecule has 2 aromatic rings. The summed E-state index contributed by atoms with van der Waals surface area (Å²) in [5.41, 5.74) is 9.28. The summed E-state index contributed by atoms with van der Waals surface area (Å²) in [5, 5.41) is 0. The zero-order valence-corrected chi connectivity index (χ0v) is 15.8. The van der Waals surface area contributed by atoms with Crippen molar-refractivity contribution in [3.05, 3.63) is 64.7 Å². The number of primary amides is 1. The van der Waals surface area contributed by atoms with Crippen molar-refractivity contribution >= 4 is 17.5 Å². The molecular formula is C22H25N3O2. The molecule has 1 unspecified atom stereocenters. The van der Waals surface area contributed by atoms with Crippen LogP contribution in [0.4, 0.5) is 5.69 Å². The van der Waals surface area contributed by atoms with Gasteiger partial charge in [-0.2, -0.15) is 0 Å². The Bertz CT molecular complexity index is 900. The molecule has 1 fully saturated rings. The van der Waals surface area contributed by atoms with Crippen LogP contribution in [-0.2, 0) is 0 Å². The first-order chi connectivity index (χ1) is 13.0. The molecule has 0 saturated carbocycles. The van der Waals surface area contributed by atoms with E-state index < -0.39 is 5.91 Å². The fourth-order valence-corrected chi connectivity index (χ4v) is 4.41. The molecule has 2 aromatic carbocycles. The van der Waals surface area contributed by atoms with Crippen LogP contribution < -0.4 is 10.6 Å². The highest BCUT2D eigenvalue weighted by Crippen LogP contribution is 2.40. The van der Waals surface area contributed by atoms with Crippen LogP contribution in [-0.4, -0.2) is 36.9 Å². The molecule has 1 saturated heterocycles. The number of carbonyl (C=O) groups is 2. The molecule has 2 N–H and O–H groups in total. The maximum Gasteiger partial charge on any atom is 0.260 e. The highest BCUT2D eigenvalue weighted by molar-refractivity contribution is 6.16. The van der Waals surface area contributed by atoms with Gasteiger partial charge in [0.2, 0.25) is 5.91 Å². The Labute approximate surface area is 159 Å². The van der Waals surface area contributed by atoms with Crippen molar-refractivity contribution in [1.29, 1.82) is 0 Å². The standard InChI is InChI=1S/C22H25N3O2/c1-14-18-7-4-8-19(21(23)26)20(18)22(27)25(14)17-6-3-5-16(13-17)15-9-11-24(2)12-10-15/h3-8,13-15H,9-12H2,1-2H3,(H2,23,26). The summed E-state index contributed by atoms with van der Waals surface area (Å²) < 4.78 is 0. The first kappa shape index (κ1) is 17.7. The molecule has 4 rings (SSSR count). The minimum atomic E-state index is -0.561. The van der Waals surface area contributed by atoms with Gasteiger partial charge in [-0.15, -0.1) is 0 Å². The number of fused-ring (bicyclic) bond motifs is 1. The predicted molar refractivity (Wildman–Crippen MR) is 106 cm³/mol. The van der Waals surface area contributed by atoms with Gasteiger partial charge in [-0.25, -0.2) is 0 Å². The molecule has 2 aliphatic rings. The van der Waals surface area contributed by atoms with Crippen LogP contribution in [0.15, 0.2) is 42.5 Å². The van der Waals surface area contributed by atoms with Crippen molar-refractivity contribution in [2.24, 2.45) is 5.73 Å². The lowest BCUT2D eigenvalue weighted by Gasteiger charge is -2.30. The van der Waals surface area contributed by atoms with Crippen LogP contribution in [0.1, 0.15) is 63.6 Å². The smallest absolute Gasteiger partial charge is 0.260 e. The highest BCUT2D eigenvalue weighted by atomic mass is 16.2. The van der Waals surface area contributed by atoms with Crippen molar-refractivity contribution in [3.8, 4) is 0 Å². The van der Waals surface area contributed by atoms with Gasteiger partial charge in [-0.05, 0) is 75.1 Å². The molecule has 5 heteroatoms. The van der Waals surface area contributed by atoms with Gasteiger partial charge in [0.15, 0.2) is 0 Å². The summed E-state index contributed by atoms with van der Waals surface area (Å²) in [5.74, 6) is -0.181. The van der Waals surface area contributed by atoms with Crippen LogP contribution in [0, 0.1) is 0 Å². The fraction of sp³-hybridized carbons (Fsp3) is 0.364. The van der Waals surface area contributed by atoms with Crippen molar-refractivity contribution in [2.75, 3.05) is 25.0 Å². The Hall–Kier alpha value is -2.66. The topological polar surface area (TPSA) is 66.6 Å². The van der Waals surface area contributed by atoms with Crippen molar-refractivity contribution < 1.29 is 9.59 Å². The zero-order chi connectivity index (χ0) is 19.1. The van der Waals surface area contributed by atoms with E-state index in [0.29, 0.717) is 17.0 Å². The van der Waals surface area contributed by atoms with E-state index >= 15 is 0 Å². The number of hydrogen-bond acceptors (Lipinski definition) is 3. The summed E-state index contributed by atoms with van der Waals surface area (Å²) in [6.45, 7) is 4.19. The molecule has 2 aliphatic heterocycles. The molecule has 27 heavy (non-hydrogen) atoms. The van der Waals surface area contributed by atoms with E-state index in [1.165, 1.54) is 5.56 Å². The second-order valence-electron chi connectivity index (χ2n) is 7.66. The van der Waals surface area contributed by atoms with E-state index in [2.05, 4.69) is 24.1 Å².